The average molecular weight is 317 g/mol. The molecular formula is C14H15N5O2S. The average Bonchev–Trinajstić information content (AvgIpc) is 3.05. The first-order valence-corrected chi connectivity index (χ1v) is 7.63. The summed E-state index contributed by atoms with van der Waals surface area (Å²) >= 11 is 1.43. The number of carbonyl (C=O) groups is 1. The SMILES string of the molecule is Cc1nnc(S[C@H](C)c2nc3ccccc3o2)n1CC(N)=O. The number of hydrogen-bond acceptors (Lipinski definition) is 6. The zero-order valence-corrected chi connectivity index (χ0v) is 13.0. The van der Waals surface area contributed by atoms with E-state index in [4.69, 9.17) is 10.2 Å². The third kappa shape index (κ3) is 2.82. The van der Waals surface area contributed by atoms with E-state index in [1.165, 1.54) is 11.8 Å². The zero-order chi connectivity index (χ0) is 15.7. The summed E-state index contributed by atoms with van der Waals surface area (Å²) in [5.74, 6) is 0.822. The lowest BCUT2D eigenvalue weighted by Gasteiger charge is -2.08. The highest BCUT2D eigenvalue weighted by Crippen LogP contribution is 2.34. The molecule has 0 aliphatic carbocycles. The normalized spacial score (nSPS) is 12.6. The van der Waals surface area contributed by atoms with Crippen molar-refractivity contribution in [2.45, 2.75) is 30.8 Å². The number of aryl methyl sites for hydroxylation is 1. The summed E-state index contributed by atoms with van der Waals surface area (Å²) < 4.78 is 7.44. The van der Waals surface area contributed by atoms with Crippen LogP contribution >= 0.6 is 11.8 Å². The van der Waals surface area contributed by atoms with Gasteiger partial charge in [-0.25, -0.2) is 4.98 Å². The van der Waals surface area contributed by atoms with Crippen LogP contribution in [0.1, 0.15) is 23.9 Å². The Morgan fingerprint density at radius 1 is 1.41 bits per heavy atom. The first-order chi connectivity index (χ1) is 10.5. The second-order valence-corrected chi connectivity index (χ2v) is 6.17. The summed E-state index contributed by atoms with van der Waals surface area (Å²) in [4.78, 5) is 15.6. The Labute approximate surface area is 130 Å². The molecule has 0 bridgehead atoms. The van der Waals surface area contributed by atoms with Crippen LogP contribution in [-0.4, -0.2) is 25.7 Å². The summed E-state index contributed by atoms with van der Waals surface area (Å²) in [6, 6.07) is 7.60. The maximum atomic E-state index is 11.2. The summed E-state index contributed by atoms with van der Waals surface area (Å²) in [5.41, 5.74) is 6.83. The van der Waals surface area contributed by atoms with Crippen molar-refractivity contribution in [3.63, 3.8) is 0 Å². The number of aromatic nitrogens is 4. The van der Waals surface area contributed by atoms with Gasteiger partial charge in [-0.2, -0.15) is 0 Å². The molecule has 3 aromatic rings. The van der Waals surface area contributed by atoms with Crippen molar-refractivity contribution in [1.82, 2.24) is 19.7 Å². The van der Waals surface area contributed by atoms with Gasteiger partial charge in [-0.3, -0.25) is 9.36 Å². The van der Waals surface area contributed by atoms with Crippen LogP contribution in [0.5, 0.6) is 0 Å². The molecule has 2 heterocycles. The minimum Gasteiger partial charge on any atom is -0.439 e. The van der Waals surface area contributed by atoms with Crippen molar-refractivity contribution in [2.75, 3.05) is 0 Å². The van der Waals surface area contributed by atoms with Crippen LogP contribution in [0.25, 0.3) is 11.1 Å². The first-order valence-electron chi connectivity index (χ1n) is 6.75. The highest BCUT2D eigenvalue weighted by Gasteiger charge is 2.19. The van der Waals surface area contributed by atoms with Crippen molar-refractivity contribution in [3.8, 4) is 0 Å². The van der Waals surface area contributed by atoms with E-state index in [9.17, 15) is 4.79 Å². The molecule has 22 heavy (non-hydrogen) atoms. The molecular weight excluding hydrogens is 302 g/mol. The van der Waals surface area contributed by atoms with Crippen LogP contribution in [0.4, 0.5) is 0 Å². The fraction of sp³-hybridized carbons (Fsp3) is 0.286. The number of nitrogens with zero attached hydrogens (tertiary/aromatic N) is 4. The summed E-state index contributed by atoms with van der Waals surface area (Å²) in [7, 11) is 0. The molecule has 0 aliphatic heterocycles. The number of thioether (sulfide) groups is 1. The van der Waals surface area contributed by atoms with E-state index >= 15 is 0 Å². The Hall–Kier alpha value is -2.35. The monoisotopic (exact) mass is 317 g/mol. The Morgan fingerprint density at radius 2 is 2.18 bits per heavy atom. The van der Waals surface area contributed by atoms with Crippen molar-refractivity contribution < 1.29 is 9.21 Å². The lowest BCUT2D eigenvalue weighted by Crippen LogP contribution is -2.20. The van der Waals surface area contributed by atoms with Gasteiger partial charge in [0.2, 0.25) is 11.8 Å². The van der Waals surface area contributed by atoms with Crippen molar-refractivity contribution in [2.24, 2.45) is 5.73 Å². The smallest absolute Gasteiger partial charge is 0.237 e. The predicted octanol–water partition coefficient (Wildman–Crippen LogP) is 2.07. The molecule has 0 radical (unpaired) electrons. The van der Waals surface area contributed by atoms with Crippen LogP contribution in [0.15, 0.2) is 33.8 Å². The van der Waals surface area contributed by atoms with E-state index in [2.05, 4.69) is 15.2 Å². The molecule has 8 heteroatoms. The number of rotatable bonds is 5. The van der Waals surface area contributed by atoms with E-state index < -0.39 is 5.91 Å². The zero-order valence-electron chi connectivity index (χ0n) is 12.2. The Balaban J connectivity index is 1.85. The van der Waals surface area contributed by atoms with Crippen molar-refractivity contribution in [1.29, 1.82) is 0 Å². The molecule has 0 unspecified atom stereocenters. The number of para-hydroxylation sites is 2. The molecule has 0 fully saturated rings. The Bertz CT molecular complexity index is 793. The lowest BCUT2D eigenvalue weighted by atomic mass is 10.3. The second kappa shape index (κ2) is 5.80. The van der Waals surface area contributed by atoms with Gasteiger partial charge >= 0.3 is 0 Å². The number of hydrogen-bond donors (Lipinski definition) is 1. The number of primary amides is 1. The molecule has 0 aliphatic rings. The highest BCUT2D eigenvalue weighted by molar-refractivity contribution is 7.99. The topological polar surface area (TPSA) is 99.8 Å². The molecule has 0 saturated heterocycles. The van der Waals surface area contributed by atoms with E-state index in [1.54, 1.807) is 11.5 Å². The van der Waals surface area contributed by atoms with Crippen LogP contribution < -0.4 is 5.73 Å². The largest absolute Gasteiger partial charge is 0.439 e. The van der Waals surface area contributed by atoms with Crippen LogP contribution in [0.2, 0.25) is 0 Å². The fourth-order valence-corrected chi connectivity index (χ4v) is 2.99. The number of oxazole rings is 1. The van der Waals surface area contributed by atoms with Crippen LogP contribution in [0.3, 0.4) is 0 Å². The molecule has 2 N–H and O–H groups in total. The molecule has 2 aromatic heterocycles. The van der Waals surface area contributed by atoms with Gasteiger partial charge in [0.15, 0.2) is 10.7 Å². The quantitative estimate of drug-likeness (QED) is 0.723. The highest BCUT2D eigenvalue weighted by atomic mass is 32.2. The molecule has 0 saturated carbocycles. The summed E-state index contributed by atoms with van der Waals surface area (Å²) in [5, 5.41) is 8.63. The molecule has 1 amide bonds. The maximum Gasteiger partial charge on any atom is 0.237 e. The van der Waals surface area contributed by atoms with Crippen molar-refractivity contribution >= 4 is 28.8 Å². The predicted molar refractivity (Wildman–Crippen MR) is 82.2 cm³/mol. The van der Waals surface area contributed by atoms with Crippen molar-refractivity contribution in [3.05, 3.63) is 36.0 Å². The summed E-state index contributed by atoms with van der Waals surface area (Å²) in [6.45, 7) is 3.81. The van der Waals surface area contributed by atoms with E-state index in [0.717, 1.165) is 11.1 Å². The van der Waals surface area contributed by atoms with E-state index in [0.29, 0.717) is 16.9 Å². The lowest BCUT2D eigenvalue weighted by molar-refractivity contribution is -0.118. The van der Waals surface area contributed by atoms with E-state index in [-0.39, 0.29) is 11.8 Å². The summed E-state index contributed by atoms with van der Waals surface area (Å²) in [6.07, 6.45) is 0. The number of fused-ring (bicyclic) bond motifs is 1. The molecule has 1 atom stereocenters. The minimum absolute atomic E-state index is 0.0570. The standard InChI is InChI=1S/C14H15N5O2S/c1-8(13-16-10-5-3-4-6-11(10)21-13)22-14-18-17-9(2)19(14)7-12(15)20/h3-6,8H,7H2,1-2H3,(H2,15,20)/t8-/m1/s1. The molecule has 0 spiro atoms. The molecule has 1 aromatic carbocycles. The van der Waals surface area contributed by atoms with Gasteiger partial charge in [-0.05, 0) is 26.0 Å². The molecule has 7 nitrogen and oxygen atoms in total. The van der Waals surface area contributed by atoms with E-state index in [1.807, 2.05) is 31.2 Å². The minimum atomic E-state index is -0.431. The van der Waals surface area contributed by atoms with Gasteiger partial charge in [0, 0.05) is 0 Å². The Morgan fingerprint density at radius 3 is 2.91 bits per heavy atom. The van der Waals surface area contributed by atoms with Crippen LogP contribution in [0, 0.1) is 6.92 Å². The van der Waals surface area contributed by atoms with Gasteiger partial charge in [0.05, 0.1) is 5.25 Å². The van der Waals surface area contributed by atoms with Gasteiger partial charge in [-0.1, -0.05) is 23.9 Å². The number of benzene rings is 1. The fourth-order valence-electron chi connectivity index (χ4n) is 2.06. The van der Waals surface area contributed by atoms with Gasteiger partial charge in [0.25, 0.3) is 0 Å². The maximum absolute atomic E-state index is 11.2. The van der Waals surface area contributed by atoms with Gasteiger partial charge in [0.1, 0.15) is 17.9 Å². The molecule has 114 valence electrons. The first kappa shape index (κ1) is 14.6. The number of nitrogens with two attached hydrogens (primary N) is 1. The number of carbonyl (C=O) groups excluding carboxylic acids is 1. The third-order valence-electron chi connectivity index (χ3n) is 3.16. The van der Waals surface area contributed by atoms with Crippen LogP contribution in [-0.2, 0) is 11.3 Å². The molecule has 3 rings (SSSR count). The second-order valence-electron chi connectivity index (χ2n) is 4.86. The van der Waals surface area contributed by atoms with Gasteiger partial charge < -0.3 is 10.2 Å². The number of amides is 1. The Kier molecular flexibility index (Phi) is 3.84. The third-order valence-corrected chi connectivity index (χ3v) is 4.22. The van der Waals surface area contributed by atoms with Gasteiger partial charge in [-0.15, -0.1) is 10.2 Å².